The van der Waals surface area contributed by atoms with Crippen molar-refractivity contribution in [1.29, 1.82) is 0 Å². The molecule has 5 heteroatoms. The first kappa shape index (κ1) is 8.96. The van der Waals surface area contributed by atoms with Gasteiger partial charge in [0.05, 0.1) is 4.90 Å². The van der Waals surface area contributed by atoms with Gasteiger partial charge in [-0.15, -0.1) is 0 Å². The lowest BCUT2D eigenvalue weighted by molar-refractivity contribution is 0.945. The molecule has 0 spiro atoms. The number of nitrogens with zero attached hydrogens (tertiary/aromatic N) is 2. The first-order valence-electron chi connectivity index (χ1n) is 3.99. The Hall–Kier alpha value is -1.62. The zero-order valence-corrected chi connectivity index (χ0v) is 7.99. The Balaban J connectivity index is 2.28. The molecule has 0 aliphatic heterocycles. The molecule has 0 bridgehead atoms. The molecular weight excluding hydrogens is 198 g/mol. The van der Waals surface area contributed by atoms with E-state index in [2.05, 4.69) is 15.2 Å². The lowest BCUT2D eigenvalue weighted by atomic mass is 10.5. The van der Waals surface area contributed by atoms with E-state index >= 15 is 0 Å². The van der Waals surface area contributed by atoms with Crippen LogP contribution in [-0.4, -0.2) is 15.2 Å². The number of H-pyrrole nitrogens is 1. The van der Waals surface area contributed by atoms with Gasteiger partial charge in [-0.2, -0.15) is 5.10 Å². The third kappa shape index (κ3) is 2.00. The van der Waals surface area contributed by atoms with Crippen LogP contribution in [0.1, 0.15) is 0 Å². The van der Waals surface area contributed by atoms with E-state index in [1.807, 2.05) is 18.2 Å². The summed E-state index contributed by atoms with van der Waals surface area (Å²) >= 11 is 1.32. The quantitative estimate of drug-likeness (QED) is 0.803. The molecule has 2 aromatic rings. The summed E-state index contributed by atoms with van der Waals surface area (Å²) in [5.41, 5.74) is -0.192. The van der Waals surface area contributed by atoms with Crippen molar-refractivity contribution in [2.75, 3.05) is 0 Å². The second-order valence-corrected chi connectivity index (χ2v) is 3.58. The fourth-order valence-corrected chi connectivity index (χ4v) is 1.68. The zero-order chi connectivity index (χ0) is 9.80. The summed E-state index contributed by atoms with van der Waals surface area (Å²) < 4.78 is 0. The highest BCUT2D eigenvalue weighted by atomic mass is 32.2. The Labute approximate surface area is 84.4 Å². The van der Waals surface area contributed by atoms with Crippen molar-refractivity contribution in [2.45, 2.75) is 9.92 Å². The van der Waals surface area contributed by atoms with Gasteiger partial charge >= 0.3 is 0 Å². The van der Waals surface area contributed by atoms with E-state index in [0.29, 0.717) is 4.90 Å². The van der Waals surface area contributed by atoms with Crippen LogP contribution in [0.15, 0.2) is 51.4 Å². The fraction of sp³-hybridized carbons (Fsp3) is 0. The lowest BCUT2D eigenvalue weighted by Crippen LogP contribution is -2.08. The highest BCUT2D eigenvalue weighted by Crippen LogP contribution is 2.20. The Morgan fingerprint density at radius 2 is 2.14 bits per heavy atom. The van der Waals surface area contributed by atoms with Gasteiger partial charge in [-0.3, -0.25) is 4.79 Å². The van der Waals surface area contributed by atoms with E-state index in [1.54, 1.807) is 18.5 Å². The molecule has 0 aliphatic rings. The predicted octanol–water partition coefficient (Wildman–Crippen LogP) is 1.32. The standard InChI is InChI=1S/C9H7N3OS/c13-9-7(4-6-11-12-9)14-8-3-1-2-5-10-8/h1-6H,(H,12,13). The molecule has 0 aromatic carbocycles. The van der Waals surface area contributed by atoms with Gasteiger partial charge in [0, 0.05) is 12.4 Å². The third-order valence-corrected chi connectivity index (χ3v) is 2.53. The minimum absolute atomic E-state index is 0.192. The molecule has 2 aromatic heterocycles. The molecule has 14 heavy (non-hydrogen) atoms. The van der Waals surface area contributed by atoms with Crippen LogP contribution in [0.5, 0.6) is 0 Å². The number of rotatable bonds is 2. The van der Waals surface area contributed by atoms with Crippen LogP contribution in [0.25, 0.3) is 0 Å². The van der Waals surface area contributed by atoms with E-state index in [9.17, 15) is 4.79 Å². The lowest BCUT2D eigenvalue weighted by Gasteiger charge is -1.97. The highest BCUT2D eigenvalue weighted by Gasteiger charge is 2.01. The Morgan fingerprint density at radius 1 is 1.21 bits per heavy atom. The van der Waals surface area contributed by atoms with E-state index in [-0.39, 0.29) is 5.56 Å². The number of hydrogen-bond acceptors (Lipinski definition) is 4. The molecule has 0 fully saturated rings. The molecule has 0 aliphatic carbocycles. The molecule has 4 nitrogen and oxygen atoms in total. The van der Waals surface area contributed by atoms with E-state index in [1.165, 1.54) is 11.8 Å². The van der Waals surface area contributed by atoms with Crippen molar-refractivity contribution in [1.82, 2.24) is 15.2 Å². The van der Waals surface area contributed by atoms with E-state index < -0.39 is 0 Å². The van der Waals surface area contributed by atoms with Crippen LogP contribution >= 0.6 is 11.8 Å². The SMILES string of the molecule is O=c1[nH]nccc1Sc1ccccn1. The molecule has 2 heterocycles. The summed E-state index contributed by atoms with van der Waals surface area (Å²) in [6.45, 7) is 0. The van der Waals surface area contributed by atoms with Crippen LogP contribution in [-0.2, 0) is 0 Å². The number of aromatic amines is 1. The number of nitrogens with one attached hydrogen (secondary N) is 1. The van der Waals surface area contributed by atoms with Gasteiger partial charge in [-0.25, -0.2) is 10.1 Å². The normalized spacial score (nSPS) is 10.0. The molecule has 0 radical (unpaired) electrons. The molecule has 0 unspecified atom stereocenters. The average Bonchev–Trinajstić information content (AvgIpc) is 2.23. The molecule has 0 saturated carbocycles. The summed E-state index contributed by atoms with van der Waals surface area (Å²) in [5, 5.41) is 6.78. The van der Waals surface area contributed by atoms with Crippen LogP contribution in [0.3, 0.4) is 0 Å². The van der Waals surface area contributed by atoms with Crippen molar-refractivity contribution in [3.8, 4) is 0 Å². The van der Waals surface area contributed by atoms with Crippen LogP contribution in [0.4, 0.5) is 0 Å². The predicted molar refractivity (Wildman–Crippen MR) is 53.2 cm³/mol. The van der Waals surface area contributed by atoms with Gasteiger partial charge < -0.3 is 0 Å². The minimum Gasteiger partial charge on any atom is -0.267 e. The fourth-order valence-electron chi connectivity index (χ4n) is 0.932. The summed E-state index contributed by atoms with van der Waals surface area (Å²) in [6, 6.07) is 7.23. The van der Waals surface area contributed by atoms with Gasteiger partial charge in [-0.05, 0) is 18.2 Å². The Kier molecular flexibility index (Phi) is 2.60. The molecule has 0 atom stereocenters. The maximum atomic E-state index is 11.3. The topological polar surface area (TPSA) is 58.6 Å². The van der Waals surface area contributed by atoms with Crippen molar-refractivity contribution in [2.24, 2.45) is 0 Å². The van der Waals surface area contributed by atoms with Gasteiger partial charge in [0.2, 0.25) is 0 Å². The first-order chi connectivity index (χ1) is 6.86. The number of pyridine rings is 1. The Bertz CT molecular complexity index is 469. The monoisotopic (exact) mass is 205 g/mol. The average molecular weight is 205 g/mol. The molecule has 2 rings (SSSR count). The second-order valence-electron chi connectivity index (χ2n) is 2.52. The van der Waals surface area contributed by atoms with Gasteiger partial charge in [0.25, 0.3) is 5.56 Å². The van der Waals surface area contributed by atoms with Crippen LogP contribution in [0, 0.1) is 0 Å². The van der Waals surface area contributed by atoms with Crippen LogP contribution < -0.4 is 5.56 Å². The molecule has 1 N–H and O–H groups in total. The molecular formula is C9H7N3OS. The highest BCUT2D eigenvalue weighted by molar-refractivity contribution is 7.99. The maximum absolute atomic E-state index is 11.3. The van der Waals surface area contributed by atoms with Gasteiger partial charge in [-0.1, -0.05) is 17.8 Å². The zero-order valence-electron chi connectivity index (χ0n) is 7.18. The minimum atomic E-state index is -0.192. The van der Waals surface area contributed by atoms with Crippen molar-refractivity contribution in [3.05, 3.63) is 47.0 Å². The van der Waals surface area contributed by atoms with E-state index in [0.717, 1.165) is 5.03 Å². The summed E-state index contributed by atoms with van der Waals surface area (Å²) in [7, 11) is 0. The van der Waals surface area contributed by atoms with Gasteiger partial charge in [0.15, 0.2) is 0 Å². The number of aromatic nitrogens is 3. The van der Waals surface area contributed by atoms with Crippen molar-refractivity contribution < 1.29 is 0 Å². The third-order valence-electron chi connectivity index (χ3n) is 1.54. The Morgan fingerprint density at radius 3 is 2.86 bits per heavy atom. The van der Waals surface area contributed by atoms with Crippen molar-refractivity contribution >= 4 is 11.8 Å². The van der Waals surface area contributed by atoms with Crippen molar-refractivity contribution in [3.63, 3.8) is 0 Å². The first-order valence-corrected chi connectivity index (χ1v) is 4.80. The molecule has 0 amide bonds. The largest absolute Gasteiger partial charge is 0.278 e. The summed E-state index contributed by atoms with van der Waals surface area (Å²) in [4.78, 5) is 16.0. The number of hydrogen-bond donors (Lipinski definition) is 1. The molecule has 70 valence electrons. The maximum Gasteiger partial charge on any atom is 0.278 e. The van der Waals surface area contributed by atoms with Gasteiger partial charge in [0.1, 0.15) is 5.03 Å². The summed E-state index contributed by atoms with van der Waals surface area (Å²) in [6.07, 6.45) is 3.24. The smallest absolute Gasteiger partial charge is 0.267 e. The second kappa shape index (κ2) is 4.06. The summed E-state index contributed by atoms with van der Waals surface area (Å²) in [5.74, 6) is 0. The van der Waals surface area contributed by atoms with Crippen LogP contribution in [0.2, 0.25) is 0 Å². The molecule has 0 saturated heterocycles. The van der Waals surface area contributed by atoms with E-state index in [4.69, 9.17) is 0 Å².